The van der Waals surface area contributed by atoms with E-state index in [9.17, 15) is 4.79 Å². The van der Waals surface area contributed by atoms with Gasteiger partial charge in [-0.25, -0.2) is 0 Å². The van der Waals surface area contributed by atoms with Crippen LogP contribution in [0.1, 0.15) is 12.0 Å². The first-order valence-corrected chi connectivity index (χ1v) is 8.04. The first-order valence-electron chi connectivity index (χ1n) is 8.04. The van der Waals surface area contributed by atoms with Crippen molar-refractivity contribution in [1.82, 2.24) is 0 Å². The van der Waals surface area contributed by atoms with Gasteiger partial charge in [0.05, 0.1) is 39.8 Å². The highest BCUT2D eigenvalue weighted by atomic mass is 16.5. The van der Waals surface area contributed by atoms with Crippen molar-refractivity contribution in [2.75, 3.05) is 39.5 Å². The maximum atomic E-state index is 12.3. The van der Waals surface area contributed by atoms with Gasteiger partial charge in [-0.2, -0.15) is 0 Å². The number of aryl methyl sites for hydroxylation is 1. The van der Waals surface area contributed by atoms with Crippen LogP contribution >= 0.6 is 0 Å². The molecule has 3 N–H and O–H groups in total. The molecule has 1 amide bonds. The van der Waals surface area contributed by atoms with E-state index in [1.165, 1.54) is 14.2 Å². The Labute approximate surface area is 153 Å². The highest BCUT2D eigenvalue weighted by molar-refractivity contribution is 5.94. The minimum absolute atomic E-state index is 0.154. The molecule has 7 nitrogen and oxygen atoms in total. The Kier molecular flexibility index (Phi) is 6.54. The van der Waals surface area contributed by atoms with Crippen LogP contribution in [0, 0.1) is 0 Å². The monoisotopic (exact) mass is 360 g/mol. The van der Waals surface area contributed by atoms with Crippen LogP contribution in [0.3, 0.4) is 0 Å². The van der Waals surface area contributed by atoms with Crippen molar-refractivity contribution < 1.29 is 23.7 Å². The fraction of sp³-hybridized carbons (Fsp3) is 0.316. The standard InChI is InChI=1S/C19H24N2O5/c1-23-15-7-5-12(9-16(15)24-2)6-8-19(22)21-14-11-18(26-4)17(25-3)10-13(14)20/h5,7,9-11H,6,8,20H2,1-4H3,(H,21,22). The highest BCUT2D eigenvalue weighted by Crippen LogP contribution is 2.35. The molecule has 0 aliphatic rings. The topological polar surface area (TPSA) is 92.0 Å². The normalized spacial score (nSPS) is 10.2. The molecule has 0 aliphatic heterocycles. The van der Waals surface area contributed by atoms with E-state index < -0.39 is 0 Å². The maximum absolute atomic E-state index is 12.3. The summed E-state index contributed by atoms with van der Waals surface area (Å²) in [7, 11) is 6.21. The number of benzene rings is 2. The highest BCUT2D eigenvalue weighted by Gasteiger charge is 2.12. The van der Waals surface area contributed by atoms with E-state index in [0.717, 1.165) is 5.56 Å². The molecule has 0 bridgehead atoms. The zero-order valence-corrected chi connectivity index (χ0v) is 15.4. The van der Waals surface area contributed by atoms with Crippen LogP contribution in [0.25, 0.3) is 0 Å². The lowest BCUT2D eigenvalue weighted by molar-refractivity contribution is -0.116. The van der Waals surface area contributed by atoms with Crippen LogP contribution in [0.5, 0.6) is 23.0 Å². The lowest BCUT2D eigenvalue weighted by Crippen LogP contribution is -2.14. The number of ether oxygens (including phenoxy) is 4. The molecule has 0 saturated carbocycles. The van der Waals surface area contributed by atoms with Gasteiger partial charge < -0.3 is 30.0 Å². The van der Waals surface area contributed by atoms with Gasteiger partial charge in [0, 0.05) is 18.6 Å². The minimum Gasteiger partial charge on any atom is -0.493 e. The Morgan fingerprint density at radius 1 is 0.885 bits per heavy atom. The summed E-state index contributed by atoms with van der Waals surface area (Å²) in [5.41, 5.74) is 7.83. The summed E-state index contributed by atoms with van der Waals surface area (Å²) in [6, 6.07) is 8.83. The summed E-state index contributed by atoms with van der Waals surface area (Å²) in [6.45, 7) is 0. The van der Waals surface area contributed by atoms with E-state index in [1.807, 2.05) is 18.2 Å². The predicted molar refractivity (Wildman–Crippen MR) is 100 cm³/mol. The summed E-state index contributed by atoms with van der Waals surface area (Å²) in [4.78, 5) is 12.3. The van der Waals surface area contributed by atoms with Crippen LogP contribution < -0.4 is 30.0 Å². The van der Waals surface area contributed by atoms with E-state index >= 15 is 0 Å². The molecule has 26 heavy (non-hydrogen) atoms. The van der Waals surface area contributed by atoms with Crippen LogP contribution in [-0.2, 0) is 11.2 Å². The summed E-state index contributed by atoms with van der Waals surface area (Å²) in [5.74, 6) is 2.14. The second-order valence-electron chi connectivity index (χ2n) is 5.53. The molecule has 140 valence electrons. The van der Waals surface area contributed by atoms with Crippen molar-refractivity contribution in [3.8, 4) is 23.0 Å². The van der Waals surface area contributed by atoms with Gasteiger partial charge in [-0.05, 0) is 24.1 Å². The molecule has 0 unspecified atom stereocenters. The average molecular weight is 360 g/mol. The smallest absolute Gasteiger partial charge is 0.224 e. The maximum Gasteiger partial charge on any atom is 0.224 e. The SMILES string of the molecule is COc1ccc(CCC(=O)Nc2cc(OC)c(OC)cc2N)cc1OC. The van der Waals surface area contributed by atoms with Crippen molar-refractivity contribution >= 4 is 17.3 Å². The van der Waals surface area contributed by atoms with E-state index in [1.54, 1.807) is 26.4 Å². The number of hydrogen-bond donors (Lipinski definition) is 2. The number of rotatable bonds is 8. The molecule has 0 heterocycles. The number of carbonyl (C=O) groups excluding carboxylic acids is 1. The molecule has 0 aromatic heterocycles. The van der Waals surface area contributed by atoms with Gasteiger partial charge in [0.2, 0.25) is 5.91 Å². The number of hydrogen-bond acceptors (Lipinski definition) is 6. The predicted octanol–water partition coefficient (Wildman–Crippen LogP) is 2.87. The molecule has 0 radical (unpaired) electrons. The van der Waals surface area contributed by atoms with E-state index in [0.29, 0.717) is 47.2 Å². The van der Waals surface area contributed by atoms with E-state index in [4.69, 9.17) is 24.7 Å². The lowest BCUT2D eigenvalue weighted by Gasteiger charge is -2.13. The van der Waals surface area contributed by atoms with Gasteiger partial charge in [-0.3, -0.25) is 4.79 Å². The Morgan fingerprint density at radius 3 is 2.08 bits per heavy atom. The van der Waals surface area contributed by atoms with Gasteiger partial charge in [-0.1, -0.05) is 6.07 Å². The second kappa shape index (κ2) is 8.84. The molecule has 0 aliphatic carbocycles. The molecule has 0 atom stereocenters. The number of nitrogen functional groups attached to an aromatic ring is 1. The largest absolute Gasteiger partial charge is 0.493 e. The molecular formula is C19H24N2O5. The van der Waals surface area contributed by atoms with Crippen molar-refractivity contribution in [1.29, 1.82) is 0 Å². The van der Waals surface area contributed by atoms with Crippen LogP contribution in [0.15, 0.2) is 30.3 Å². The quantitative estimate of drug-likeness (QED) is 0.703. The zero-order valence-electron chi connectivity index (χ0n) is 15.4. The van der Waals surface area contributed by atoms with E-state index in [2.05, 4.69) is 5.32 Å². The van der Waals surface area contributed by atoms with Gasteiger partial charge >= 0.3 is 0 Å². The number of nitrogens with one attached hydrogen (secondary N) is 1. The molecule has 0 spiro atoms. The van der Waals surface area contributed by atoms with Crippen LogP contribution in [-0.4, -0.2) is 34.3 Å². The van der Waals surface area contributed by atoms with Crippen molar-refractivity contribution in [2.24, 2.45) is 0 Å². The zero-order chi connectivity index (χ0) is 19.1. The van der Waals surface area contributed by atoms with Crippen LogP contribution in [0.4, 0.5) is 11.4 Å². The third-order valence-corrected chi connectivity index (χ3v) is 3.92. The first kappa shape index (κ1) is 19.2. The van der Waals surface area contributed by atoms with Crippen LogP contribution in [0.2, 0.25) is 0 Å². The number of anilines is 2. The second-order valence-corrected chi connectivity index (χ2v) is 5.53. The molecule has 2 aromatic rings. The fourth-order valence-electron chi connectivity index (χ4n) is 2.51. The van der Waals surface area contributed by atoms with Gasteiger partial charge in [0.15, 0.2) is 23.0 Å². The Hall–Kier alpha value is -3.09. The summed E-state index contributed by atoms with van der Waals surface area (Å²) in [6.07, 6.45) is 0.850. The lowest BCUT2D eigenvalue weighted by atomic mass is 10.1. The van der Waals surface area contributed by atoms with Crippen molar-refractivity contribution in [3.63, 3.8) is 0 Å². The summed E-state index contributed by atoms with van der Waals surface area (Å²) >= 11 is 0. The average Bonchev–Trinajstić information content (AvgIpc) is 2.67. The third-order valence-electron chi connectivity index (χ3n) is 3.92. The molecule has 2 rings (SSSR count). The van der Waals surface area contributed by atoms with Gasteiger partial charge in [0.25, 0.3) is 0 Å². The third kappa shape index (κ3) is 4.50. The summed E-state index contributed by atoms with van der Waals surface area (Å²) in [5, 5.41) is 2.80. The van der Waals surface area contributed by atoms with Gasteiger partial charge in [0.1, 0.15) is 0 Å². The Balaban J connectivity index is 2.03. The molecule has 0 fully saturated rings. The molecular weight excluding hydrogens is 336 g/mol. The fourth-order valence-corrected chi connectivity index (χ4v) is 2.51. The van der Waals surface area contributed by atoms with Gasteiger partial charge in [-0.15, -0.1) is 0 Å². The number of carbonyl (C=O) groups is 1. The minimum atomic E-state index is -0.154. The number of methoxy groups -OCH3 is 4. The molecule has 7 heteroatoms. The molecule has 0 saturated heterocycles. The first-order chi connectivity index (χ1) is 12.5. The van der Waals surface area contributed by atoms with Crippen molar-refractivity contribution in [2.45, 2.75) is 12.8 Å². The Bertz CT molecular complexity index is 777. The number of nitrogens with two attached hydrogens (primary N) is 1. The number of amides is 1. The van der Waals surface area contributed by atoms with E-state index in [-0.39, 0.29) is 5.91 Å². The summed E-state index contributed by atoms with van der Waals surface area (Å²) < 4.78 is 20.9. The Morgan fingerprint density at radius 2 is 1.46 bits per heavy atom. The van der Waals surface area contributed by atoms with Crippen molar-refractivity contribution in [3.05, 3.63) is 35.9 Å². The molecule has 2 aromatic carbocycles.